The van der Waals surface area contributed by atoms with Gasteiger partial charge in [-0.15, -0.1) is 0 Å². The van der Waals surface area contributed by atoms with Gasteiger partial charge in [0.05, 0.1) is 30.7 Å². The van der Waals surface area contributed by atoms with E-state index in [0.29, 0.717) is 11.3 Å². The van der Waals surface area contributed by atoms with Crippen LogP contribution in [0.3, 0.4) is 0 Å². The summed E-state index contributed by atoms with van der Waals surface area (Å²) < 4.78 is 39.9. The summed E-state index contributed by atoms with van der Waals surface area (Å²) in [4.78, 5) is 23.9. The van der Waals surface area contributed by atoms with Crippen LogP contribution in [-0.4, -0.2) is 44.4 Å². The Morgan fingerprint density at radius 1 is 0.919 bits per heavy atom. The number of ether oxygens (including phenoxy) is 2. The van der Waals surface area contributed by atoms with Gasteiger partial charge in [-0.05, 0) is 48.4 Å². The third-order valence-electron chi connectivity index (χ3n) is 5.34. The molecule has 11 nitrogen and oxygen atoms in total. The minimum absolute atomic E-state index is 0.0215. The third kappa shape index (κ3) is 6.76. The van der Waals surface area contributed by atoms with Crippen LogP contribution in [0.25, 0.3) is 0 Å². The van der Waals surface area contributed by atoms with E-state index in [1.807, 2.05) is 0 Å². The Bertz CT molecular complexity index is 1320. The quantitative estimate of drug-likeness (QED) is 0.159. The van der Waals surface area contributed by atoms with Gasteiger partial charge in [-0.1, -0.05) is 36.4 Å². The molecule has 0 saturated heterocycles. The predicted octanol–water partition coefficient (Wildman–Crippen LogP) is 2.87. The number of para-hydroxylation sites is 1. The molecule has 12 heteroatoms. The maximum absolute atomic E-state index is 14.0. The number of carbonyl (C=O) groups is 2. The molecule has 0 bridgehead atoms. The molecule has 0 atom stereocenters. The number of nitrogens with one attached hydrogen (secondary N) is 2. The molecule has 3 aromatic carbocycles. The summed E-state index contributed by atoms with van der Waals surface area (Å²) in [5.74, 6) is -1.05. The molecule has 3 aromatic rings. The highest BCUT2D eigenvalue weighted by Gasteiger charge is 2.31. The average Bonchev–Trinajstić information content (AvgIpc) is 2.93. The molecule has 0 radical (unpaired) electrons. The smallest absolute Gasteiger partial charge is 0.276 e. The van der Waals surface area contributed by atoms with Crippen molar-refractivity contribution < 1.29 is 37.9 Å². The standard InChI is InChI=1S/C25H27N3O8S/c1-35-19-12-14-20(15-13-19)37(33,34)28(17-18-7-3-2-4-8-18)24-21(25(30)27-32)9-5-10-22(24)36-16-6-11-23(29)26-31/h2-5,7-10,12-15,31-32H,6,11,16-17H2,1H3,(H,26,29)(H,27,30). The first kappa shape index (κ1) is 27.5. The largest absolute Gasteiger partial charge is 0.497 e. The molecule has 0 aliphatic heterocycles. The topological polar surface area (TPSA) is 154 Å². The Hall–Kier alpha value is -4.13. The fourth-order valence-electron chi connectivity index (χ4n) is 3.52. The van der Waals surface area contributed by atoms with E-state index in [9.17, 15) is 23.2 Å². The SMILES string of the molecule is COc1ccc(S(=O)(=O)N(Cc2ccccc2)c2c(OCCCC(=O)NO)cccc2C(=O)NO)cc1. The molecular formula is C25H27N3O8S. The predicted molar refractivity (Wildman–Crippen MR) is 133 cm³/mol. The minimum Gasteiger partial charge on any atom is -0.497 e. The van der Waals surface area contributed by atoms with Crippen LogP contribution in [0.4, 0.5) is 5.69 Å². The van der Waals surface area contributed by atoms with Gasteiger partial charge in [0.1, 0.15) is 17.2 Å². The number of hydrogen-bond acceptors (Lipinski definition) is 8. The van der Waals surface area contributed by atoms with Crippen molar-refractivity contribution in [3.8, 4) is 11.5 Å². The zero-order valence-corrected chi connectivity index (χ0v) is 20.8. The van der Waals surface area contributed by atoms with Gasteiger partial charge in [-0.2, -0.15) is 0 Å². The van der Waals surface area contributed by atoms with Crippen molar-refractivity contribution in [3.05, 3.63) is 83.9 Å². The molecule has 4 N–H and O–H groups in total. The lowest BCUT2D eigenvalue weighted by Crippen LogP contribution is -2.33. The zero-order valence-electron chi connectivity index (χ0n) is 20.0. The Morgan fingerprint density at radius 3 is 2.24 bits per heavy atom. The van der Waals surface area contributed by atoms with E-state index in [4.69, 9.17) is 14.7 Å². The highest BCUT2D eigenvalue weighted by molar-refractivity contribution is 7.92. The summed E-state index contributed by atoms with van der Waals surface area (Å²) in [6.45, 7) is -0.180. The fourth-order valence-corrected chi connectivity index (χ4v) is 5.00. The molecular weight excluding hydrogens is 502 g/mol. The lowest BCUT2D eigenvalue weighted by Gasteiger charge is -2.28. The molecule has 2 amide bonds. The van der Waals surface area contributed by atoms with E-state index in [0.717, 1.165) is 4.31 Å². The van der Waals surface area contributed by atoms with E-state index in [1.54, 1.807) is 35.8 Å². The van der Waals surface area contributed by atoms with Gasteiger partial charge >= 0.3 is 0 Å². The second-order valence-electron chi connectivity index (χ2n) is 7.75. The van der Waals surface area contributed by atoms with Gasteiger partial charge in [0, 0.05) is 6.42 Å². The number of nitrogens with zero attached hydrogens (tertiary/aromatic N) is 1. The minimum atomic E-state index is -4.27. The van der Waals surface area contributed by atoms with Crippen molar-refractivity contribution in [2.45, 2.75) is 24.3 Å². The molecule has 0 fully saturated rings. The summed E-state index contributed by atoms with van der Waals surface area (Å²) in [7, 11) is -2.81. The van der Waals surface area contributed by atoms with E-state index >= 15 is 0 Å². The summed E-state index contributed by atoms with van der Waals surface area (Å²) in [6, 6.07) is 18.9. The molecule has 0 unspecified atom stereocenters. The van der Waals surface area contributed by atoms with Crippen LogP contribution in [0.15, 0.2) is 77.7 Å². The van der Waals surface area contributed by atoms with Crippen molar-refractivity contribution in [2.75, 3.05) is 18.0 Å². The first-order valence-electron chi connectivity index (χ1n) is 11.2. The third-order valence-corrected chi connectivity index (χ3v) is 7.10. The number of hydrogen-bond donors (Lipinski definition) is 4. The first-order valence-corrected chi connectivity index (χ1v) is 12.6. The van der Waals surface area contributed by atoms with E-state index in [2.05, 4.69) is 0 Å². The Morgan fingerprint density at radius 2 is 1.62 bits per heavy atom. The Labute approximate surface area is 214 Å². The summed E-state index contributed by atoms with van der Waals surface area (Å²) in [6.07, 6.45) is 0.159. The molecule has 3 rings (SSSR count). The fraction of sp³-hybridized carbons (Fsp3) is 0.200. The number of sulfonamides is 1. The second kappa shape index (κ2) is 12.7. The lowest BCUT2D eigenvalue weighted by molar-refractivity contribution is -0.129. The van der Waals surface area contributed by atoms with Gasteiger partial charge in [-0.3, -0.25) is 24.3 Å². The van der Waals surface area contributed by atoms with Crippen molar-refractivity contribution in [2.24, 2.45) is 0 Å². The van der Waals surface area contributed by atoms with E-state index in [-0.39, 0.29) is 47.9 Å². The number of hydroxylamine groups is 2. The average molecular weight is 530 g/mol. The summed E-state index contributed by atoms with van der Waals surface area (Å²) in [5.41, 5.74) is 3.46. The van der Waals surface area contributed by atoms with Gasteiger partial charge in [0.15, 0.2) is 0 Å². The van der Waals surface area contributed by atoms with E-state index in [1.165, 1.54) is 55.1 Å². The van der Waals surface area contributed by atoms with Crippen molar-refractivity contribution in [3.63, 3.8) is 0 Å². The molecule has 0 heterocycles. The van der Waals surface area contributed by atoms with Crippen LogP contribution >= 0.6 is 0 Å². The van der Waals surface area contributed by atoms with E-state index < -0.39 is 21.8 Å². The van der Waals surface area contributed by atoms with Crippen LogP contribution in [0.2, 0.25) is 0 Å². The number of methoxy groups -OCH3 is 1. The van der Waals surface area contributed by atoms with Crippen LogP contribution < -0.4 is 24.7 Å². The molecule has 37 heavy (non-hydrogen) atoms. The maximum atomic E-state index is 14.0. The van der Waals surface area contributed by atoms with Crippen molar-refractivity contribution in [1.29, 1.82) is 0 Å². The summed E-state index contributed by atoms with van der Waals surface area (Å²) >= 11 is 0. The van der Waals surface area contributed by atoms with Crippen molar-refractivity contribution >= 4 is 27.5 Å². The molecule has 0 aliphatic rings. The normalized spacial score (nSPS) is 10.9. The van der Waals surface area contributed by atoms with Gasteiger partial charge in [-0.25, -0.2) is 19.4 Å². The number of carbonyl (C=O) groups excluding carboxylic acids is 2. The Balaban J connectivity index is 2.14. The van der Waals surface area contributed by atoms with Crippen LogP contribution in [0.5, 0.6) is 11.5 Å². The Kier molecular flexibility index (Phi) is 9.44. The van der Waals surface area contributed by atoms with Crippen LogP contribution in [0, 0.1) is 0 Å². The summed E-state index contributed by atoms with van der Waals surface area (Å²) in [5, 5.41) is 18.0. The molecule has 196 valence electrons. The van der Waals surface area contributed by atoms with Crippen LogP contribution in [0.1, 0.15) is 28.8 Å². The number of rotatable bonds is 12. The van der Waals surface area contributed by atoms with Crippen LogP contribution in [-0.2, 0) is 21.4 Å². The number of benzene rings is 3. The zero-order chi connectivity index (χ0) is 26.8. The lowest BCUT2D eigenvalue weighted by atomic mass is 10.1. The van der Waals surface area contributed by atoms with Crippen molar-refractivity contribution in [1.82, 2.24) is 11.0 Å². The number of anilines is 1. The molecule has 0 saturated carbocycles. The number of amides is 2. The monoisotopic (exact) mass is 529 g/mol. The van der Waals surface area contributed by atoms with Gasteiger partial charge < -0.3 is 9.47 Å². The molecule has 0 aliphatic carbocycles. The second-order valence-corrected chi connectivity index (χ2v) is 9.62. The highest BCUT2D eigenvalue weighted by Crippen LogP contribution is 2.37. The molecule has 0 spiro atoms. The maximum Gasteiger partial charge on any atom is 0.276 e. The highest BCUT2D eigenvalue weighted by atomic mass is 32.2. The molecule has 0 aromatic heterocycles. The van der Waals surface area contributed by atoms with Gasteiger partial charge in [0.2, 0.25) is 5.91 Å². The van der Waals surface area contributed by atoms with Gasteiger partial charge in [0.25, 0.3) is 15.9 Å². The first-order chi connectivity index (χ1) is 17.8.